The molecule has 136 valence electrons. The number of benzene rings is 1. The number of Topliss-reactive ketones (excluding diaryl/α,β-unsaturated/α-hetero) is 1. The van der Waals surface area contributed by atoms with Crippen molar-refractivity contribution in [3.05, 3.63) is 35.4 Å². The van der Waals surface area contributed by atoms with Crippen LogP contribution in [-0.4, -0.2) is 18.2 Å². The van der Waals surface area contributed by atoms with Crippen LogP contribution >= 0.6 is 0 Å². The van der Waals surface area contributed by atoms with Gasteiger partial charge < -0.3 is 5.32 Å². The van der Waals surface area contributed by atoms with E-state index in [0.717, 1.165) is 37.0 Å². The number of hydrogen-bond donors (Lipinski definition) is 1. The van der Waals surface area contributed by atoms with Crippen LogP contribution in [0, 0.1) is 17.8 Å². The second-order valence-corrected chi connectivity index (χ2v) is 7.13. The number of alkyl halides is 3. The standard InChI is InChI=1S/C19H22F3NO2/c20-19(21,22)16-6-4-12(5-7-16)8-9-23-18(25)15-10-13-2-1-3-14(11-15)17(13)24/h4-7,13-15H,1-3,8-11H2,(H,23,25)/t13-,14-/m0/s1. The molecule has 1 N–H and O–H groups in total. The quantitative estimate of drug-likeness (QED) is 0.896. The van der Waals surface area contributed by atoms with E-state index in [-0.39, 0.29) is 23.7 Å². The number of ketones is 1. The van der Waals surface area contributed by atoms with Crippen molar-refractivity contribution in [2.45, 2.75) is 44.7 Å². The van der Waals surface area contributed by atoms with Gasteiger partial charge in [0.2, 0.25) is 5.91 Å². The van der Waals surface area contributed by atoms with Crippen molar-refractivity contribution >= 4 is 11.7 Å². The first-order valence-electron chi connectivity index (χ1n) is 8.82. The van der Waals surface area contributed by atoms with Gasteiger partial charge in [-0.05, 0) is 49.8 Å². The average molecular weight is 353 g/mol. The first kappa shape index (κ1) is 18.0. The van der Waals surface area contributed by atoms with Gasteiger partial charge in [-0.2, -0.15) is 13.2 Å². The Morgan fingerprint density at radius 2 is 1.68 bits per heavy atom. The first-order valence-corrected chi connectivity index (χ1v) is 8.82. The van der Waals surface area contributed by atoms with Crippen molar-refractivity contribution in [1.29, 1.82) is 0 Å². The number of amides is 1. The van der Waals surface area contributed by atoms with Crippen LogP contribution in [0.15, 0.2) is 24.3 Å². The average Bonchev–Trinajstić information content (AvgIpc) is 2.54. The van der Waals surface area contributed by atoms with Crippen molar-refractivity contribution in [3.8, 4) is 0 Å². The van der Waals surface area contributed by atoms with Crippen LogP contribution < -0.4 is 5.32 Å². The number of rotatable bonds is 4. The highest BCUT2D eigenvalue weighted by Crippen LogP contribution is 2.40. The number of hydrogen-bond acceptors (Lipinski definition) is 2. The summed E-state index contributed by atoms with van der Waals surface area (Å²) in [7, 11) is 0. The number of carbonyl (C=O) groups is 2. The van der Waals surface area contributed by atoms with Crippen molar-refractivity contribution in [3.63, 3.8) is 0 Å². The zero-order valence-electron chi connectivity index (χ0n) is 13.9. The van der Waals surface area contributed by atoms with Gasteiger partial charge in [0.25, 0.3) is 0 Å². The Kier molecular flexibility index (Phi) is 5.16. The number of carbonyl (C=O) groups excluding carboxylic acids is 2. The Morgan fingerprint density at radius 3 is 2.24 bits per heavy atom. The second-order valence-electron chi connectivity index (χ2n) is 7.13. The van der Waals surface area contributed by atoms with E-state index >= 15 is 0 Å². The number of nitrogens with one attached hydrogen (secondary N) is 1. The van der Waals surface area contributed by atoms with E-state index in [1.807, 2.05) is 0 Å². The van der Waals surface area contributed by atoms with E-state index < -0.39 is 11.7 Å². The van der Waals surface area contributed by atoms with Crippen molar-refractivity contribution < 1.29 is 22.8 Å². The summed E-state index contributed by atoms with van der Waals surface area (Å²) in [6.07, 6.45) is 0.299. The normalized spacial score (nSPS) is 26.4. The van der Waals surface area contributed by atoms with E-state index in [9.17, 15) is 22.8 Å². The summed E-state index contributed by atoms with van der Waals surface area (Å²) in [4.78, 5) is 24.4. The van der Waals surface area contributed by atoms with Gasteiger partial charge in [-0.1, -0.05) is 18.6 Å². The molecule has 0 aromatic heterocycles. The van der Waals surface area contributed by atoms with Crippen LogP contribution in [0.3, 0.4) is 0 Å². The largest absolute Gasteiger partial charge is 0.416 e. The summed E-state index contributed by atoms with van der Waals surface area (Å²) in [5.74, 6) is 0.272. The molecular formula is C19H22F3NO2. The van der Waals surface area contributed by atoms with E-state index in [1.54, 1.807) is 0 Å². The molecule has 0 heterocycles. The van der Waals surface area contributed by atoms with Crippen LogP contribution in [0.5, 0.6) is 0 Å². The Hall–Kier alpha value is -1.85. The molecule has 2 aliphatic rings. The van der Waals surface area contributed by atoms with E-state index in [0.29, 0.717) is 31.6 Å². The molecule has 6 heteroatoms. The summed E-state index contributed by atoms with van der Waals surface area (Å²) >= 11 is 0. The molecule has 2 saturated carbocycles. The minimum atomic E-state index is -4.33. The SMILES string of the molecule is O=C(NCCc1ccc(C(F)(F)F)cc1)C1C[C@@H]2CCC[C@@H](C1)C2=O. The fourth-order valence-corrected chi connectivity index (χ4v) is 4.03. The Bertz CT molecular complexity index is 623. The molecule has 25 heavy (non-hydrogen) atoms. The van der Waals surface area contributed by atoms with Gasteiger partial charge in [0.05, 0.1) is 5.56 Å². The molecule has 2 bridgehead atoms. The lowest BCUT2D eigenvalue weighted by Gasteiger charge is -2.36. The third-order valence-corrected chi connectivity index (χ3v) is 5.41. The van der Waals surface area contributed by atoms with Crippen LogP contribution in [0.2, 0.25) is 0 Å². The van der Waals surface area contributed by atoms with E-state index in [2.05, 4.69) is 5.32 Å². The van der Waals surface area contributed by atoms with E-state index in [1.165, 1.54) is 12.1 Å². The van der Waals surface area contributed by atoms with Gasteiger partial charge >= 0.3 is 6.18 Å². The lowest BCUT2D eigenvalue weighted by molar-refractivity contribution is -0.138. The Morgan fingerprint density at radius 1 is 1.08 bits per heavy atom. The van der Waals surface area contributed by atoms with Crippen LogP contribution in [-0.2, 0) is 22.2 Å². The smallest absolute Gasteiger partial charge is 0.356 e. The third kappa shape index (κ3) is 4.22. The predicted molar refractivity (Wildman–Crippen MR) is 86.7 cm³/mol. The summed E-state index contributed by atoms with van der Waals surface area (Å²) in [6, 6.07) is 5.01. The topological polar surface area (TPSA) is 46.2 Å². The van der Waals surface area contributed by atoms with Crippen molar-refractivity contribution in [2.24, 2.45) is 17.8 Å². The molecule has 0 spiro atoms. The van der Waals surface area contributed by atoms with Gasteiger partial charge in [-0.25, -0.2) is 0 Å². The number of halogens is 3. The third-order valence-electron chi connectivity index (χ3n) is 5.41. The molecular weight excluding hydrogens is 331 g/mol. The molecule has 2 fully saturated rings. The van der Waals surface area contributed by atoms with E-state index in [4.69, 9.17) is 0 Å². The maximum absolute atomic E-state index is 12.5. The van der Waals surface area contributed by atoms with Gasteiger partial charge in [0.1, 0.15) is 5.78 Å². The zero-order valence-corrected chi connectivity index (χ0v) is 13.9. The Labute approximate surface area is 145 Å². The van der Waals surface area contributed by atoms with Gasteiger partial charge in [-0.15, -0.1) is 0 Å². The molecule has 1 aromatic rings. The maximum atomic E-state index is 12.5. The van der Waals surface area contributed by atoms with Gasteiger partial charge in [0.15, 0.2) is 0 Å². The van der Waals surface area contributed by atoms with Gasteiger partial charge in [-0.3, -0.25) is 9.59 Å². The lowest BCUT2D eigenvalue weighted by atomic mass is 9.67. The summed E-state index contributed by atoms with van der Waals surface area (Å²) < 4.78 is 37.6. The minimum absolute atomic E-state index is 0.0312. The maximum Gasteiger partial charge on any atom is 0.416 e. The molecule has 3 rings (SSSR count). The minimum Gasteiger partial charge on any atom is -0.356 e. The summed E-state index contributed by atoms with van der Waals surface area (Å²) in [5.41, 5.74) is 0.0858. The fraction of sp³-hybridized carbons (Fsp3) is 0.579. The molecule has 0 aliphatic heterocycles. The van der Waals surface area contributed by atoms with Gasteiger partial charge in [0, 0.05) is 24.3 Å². The number of fused-ring (bicyclic) bond motifs is 2. The monoisotopic (exact) mass is 353 g/mol. The van der Waals surface area contributed by atoms with Crippen molar-refractivity contribution in [2.75, 3.05) is 6.54 Å². The molecule has 1 amide bonds. The highest BCUT2D eigenvalue weighted by molar-refractivity contribution is 5.88. The highest BCUT2D eigenvalue weighted by Gasteiger charge is 2.41. The predicted octanol–water partition coefficient (Wildman–Crippen LogP) is 3.76. The van der Waals surface area contributed by atoms with Crippen LogP contribution in [0.25, 0.3) is 0 Å². The molecule has 2 atom stereocenters. The summed E-state index contributed by atoms with van der Waals surface area (Å²) in [6.45, 7) is 0.393. The van der Waals surface area contributed by atoms with Crippen LogP contribution in [0.1, 0.15) is 43.2 Å². The second kappa shape index (κ2) is 7.18. The molecule has 1 aromatic carbocycles. The molecule has 0 saturated heterocycles. The van der Waals surface area contributed by atoms with Crippen LogP contribution in [0.4, 0.5) is 13.2 Å². The summed E-state index contributed by atoms with van der Waals surface area (Å²) in [5, 5.41) is 2.88. The molecule has 3 nitrogen and oxygen atoms in total. The van der Waals surface area contributed by atoms with Crippen molar-refractivity contribution in [1.82, 2.24) is 5.32 Å². The first-order chi connectivity index (χ1) is 11.8. The molecule has 2 aliphatic carbocycles. The lowest BCUT2D eigenvalue weighted by Crippen LogP contribution is -2.42. The zero-order chi connectivity index (χ0) is 18.0. The molecule has 0 radical (unpaired) electrons. The Balaban J connectivity index is 1.47. The highest BCUT2D eigenvalue weighted by atomic mass is 19.4. The molecule has 0 unspecified atom stereocenters. The fourth-order valence-electron chi connectivity index (χ4n) is 4.03.